The summed E-state index contributed by atoms with van der Waals surface area (Å²) in [7, 11) is 2.97. The van der Waals surface area contributed by atoms with Crippen LogP contribution in [0.1, 0.15) is 34.8 Å². The standard InChI is InChI=1S/C21H24N4O4/c1-28-15-7-5-14(6-8-15)18(25-9-3-4-10-25)13-24-11-16-19(22-23-20(16)26)17(12-24)21(27)29-2/h5-8,11-12,18H,3-4,9-10,13H2,1-2H3,(H,23,26). The van der Waals surface area contributed by atoms with E-state index in [-0.39, 0.29) is 17.2 Å². The molecule has 8 heteroatoms. The summed E-state index contributed by atoms with van der Waals surface area (Å²) in [6.07, 6.45) is 5.79. The number of nitrogens with one attached hydrogen (secondary N) is 1. The summed E-state index contributed by atoms with van der Waals surface area (Å²) in [5, 5.41) is 6.41. The number of nitrogens with zero attached hydrogens (tertiary/aromatic N) is 3. The van der Waals surface area contributed by atoms with Gasteiger partial charge in [-0.25, -0.2) is 9.89 Å². The third-order valence-corrected chi connectivity index (χ3v) is 5.49. The maximum absolute atomic E-state index is 12.3. The van der Waals surface area contributed by atoms with Gasteiger partial charge >= 0.3 is 5.97 Å². The fourth-order valence-corrected chi connectivity index (χ4v) is 3.97. The van der Waals surface area contributed by atoms with Crippen molar-refractivity contribution in [2.75, 3.05) is 27.3 Å². The summed E-state index contributed by atoms with van der Waals surface area (Å²) >= 11 is 0. The van der Waals surface area contributed by atoms with Gasteiger partial charge in [-0.05, 0) is 43.6 Å². The van der Waals surface area contributed by atoms with Crippen molar-refractivity contribution in [1.29, 1.82) is 0 Å². The molecule has 1 aromatic carbocycles. The minimum absolute atomic E-state index is 0.110. The lowest BCUT2D eigenvalue weighted by Gasteiger charge is -2.29. The maximum Gasteiger partial charge on any atom is 0.341 e. The van der Waals surface area contributed by atoms with Gasteiger partial charge in [0.15, 0.2) is 0 Å². The first kappa shape index (κ1) is 19.2. The highest BCUT2D eigenvalue weighted by molar-refractivity contribution is 5.95. The Morgan fingerprint density at radius 3 is 2.55 bits per heavy atom. The predicted octanol–water partition coefficient (Wildman–Crippen LogP) is 2.31. The number of H-pyrrole nitrogens is 1. The van der Waals surface area contributed by atoms with Crippen molar-refractivity contribution < 1.29 is 14.3 Å². The Balaban J connectivity index is 1.74. The molecule has 0 amide bonds. The van der Waals surface area contributed by atoms with Crippen molar-refractivity contribution in [3.63, 3.8) is 0 Å². The monoisotopic (exact) mass is 396 g/mol. The van der Waals surface area contributed by atoms with E-state index in [2.05, 4.69) is 27.2 Å². The van der Waals surface area contributed by atoms with E-state index in [4.69, 9.17) is 9.47 Å². The molecule has 3 aliphatic rings. The van der Waals surface area contributed by atoms with E-state index in [1.54, 1.807) is 19.5 Å². The first-order chi connectivity index (χ1) is 14.1. The first-order valence-electron chi connectivity index (χ1n) is 9.65. The van der Waals surface area contributed by atoms with Gasteiger partial charge in [0.2, 0.25) is 0 Å². The molecular weight excluding hydrogens is 372 g/mol. The van der Waals surface area contributed by atoms with Crippen LogP contribution in [0.5, 0.6) is 5.75 Å². The van der Waals surface area contributed by atoms with Gasteiger partial charge in [0.25, 0.3) is 5.56 Å². The molecule has 8 nitrogen and oxygen atoms in total. The summed E-state index contributed by atoms with van der Waals surface area (Å²) in [5.74, 6) is 0.295. The molecule has 1 unspecified atom stereocenters. The SMILES string of the molecule is COC(=O)c1cn(CC(c2ccc(OC)cc2)N2CCCC2)cc2c(=O)[nH]nc1-2. The number of aromatic nitrogens is 3. The lowest BCUT2D eigenvalue weighted by atomic mass is 10.0. The number of carbonyl (C=O) groups is 1. The zero-order chi connectivity index (χ0) is 20.4. The largest absolute Gasteiger partial charge is 0.497 e. The Hall–Kier alpha value is -3.13. The number of hydrogen-bond acceptors (Lipinski definition) is 6. The van der Waals surface area contributed by atoms with Crippen molar-refractivity contribution in [2.24, 2.45) is 0 Å². The average Bonchev–Trinajstić information content (AvgIpc) is 3.41. The minimum Gasteiger partial charge on any atom is -0.497 e. The average molecular weight is 396 g/mol. The van der Waals surface area contributed by atoms with Gasteiger partial charge in [-0.15, -0.1) is 0 Å². The van der Waals surface area contributed by atoms with E-state index in [1.165, 1.54) is 7.11 Å². The number of rotatable bonds is 6. The van der Waals surface area contributed by atoms with Crippen LogP contribution in [-0.4, -0.2) is 52.9 Å². The van der Waals surface area contributed by atoms with Crippen molar-refractivity contribution in [3.05, 3.63) is 58.1 Å². The Morgan fingerprint density at radius 2 is 1.90 bits per heavy atom. The van der Waals surface area contributed by atoms with E-state index < -0.39 is 5.97 Å². The molecular formula is C21H24N4O4. The van der Waals surface area contributed by atoms with Crippen molar-refractivity contribution >= 4 is 5.97 Å². The molecule has 1 atom stereocenters. The molecule has 0 aliphatic carbocycles. The zero-order valence-corrected chi connectivity index (χ0v) is 16.6. The molecule has 1 aromatic rings. The highest BCUT2D eigenvalue weighted by atomic mass is 16.5. The fourth-order valence-electron chi connectivity index (χ4n) is 3.97. The molecule has 3 heterocycles. The molecule has 0 radical (unpaired) electrons. The molecule has 0 saturated carbocycles. The van der Waals surface area contributed by atoms with Crippen LogP contribution >= 0.6 is 0 Å². The number of hydrogen-bond donors (Lipinski definition) is 1. The van der Waals surface area contributed by atoms with Crippen LogP contribution in [0.3, 0.4) is 0 Å². The molecule has 1 saturated heterocycles. The van der Waals surface area contributed by atoms with E-state index >= 15 is 0 Å². The number of fused-ring (bicyclic) bond motifs is 1. The van der Waals surface area contributed by atoms with Gasteiger partial charge in [-0.3, -0.25) is 9.69 Å². The topological polar surface area (TPSA) is 89.5 Å². The van der Waals surface area contributed by atoms with E-state index in [9.17, 15) is 9.59 Å². The van der Waals surface area contributed by atoms with Crippen molar-refractivity contribution in [2.45, 2.75) is 25.4 Å². The summed E-state index contributed by atoms with van der Waals surface area (Å²) in [4.78, 5) is 26.9. The Labute approximate surface area is 168 Å². The lowest BCUT2D eigenvalue weighted by molar-refractivity contribution is 0.0600. The fraction of sp³-hybridized carbons (Fsp3) is 0.381. The number of likely N-dealkylation sites (tertiary alicyclic amines) is 1. The second-order valence-corrected chi connectivity index (χ2v) is 7.21. The van der Waals surface area contributed by atoms with Gasteiger partial charge in [0.1, 0.15) is 17.0 Å². The van der Waals surface area contributed by atoms with Gasteiger partial charge < -0.3 is 14.0 Å². The van der Waals surface area contributed by atoms with Crippen LogP contribution in [0.25, 0.3) is 11.3 Å². The first-order valence-corrected chi connectivity index (χ1v) is 9.65. The van der Waals surface area contributed by atoms with Crippen LogP contribution in [-0.2, 0) is 11.3 Å². The molecule has 0 aromatic heterocycles. The van der Waals surface area contributed by atoms with Crippen molar-refractivity contribution in [3.8, 4) is 17.0 Å². The molecule has 4 rings (SSSR count). The van der Waals surface area contributed by atoms with Crippen LogP contribution in [0.4, 0.5) is 0 Å². The van der Waals surface area contributed by atoms with E-state index in [0.29, 0.717) is 17.8 Å². The van der Waals surface area contributed by atoms with Crippen LogP contribution in [0.2, 0.25) is 0 Å². The smallest absolute Gasteiger partial charge is 0.341 e. The van der Waals surface area contributed by atoms with Crippen molar-refractivity contribution in [1.82, 2.24) is 19.7 Å². The lowest BCUT2D eigenvalue weighted by Crippen LogP contribution is -2.29. The Kier molecular flexibility index (Phi) is 5.35. The highest BCUT2D eigenvalue weighted by Gasteiger charge is 2.26. The van der Waals surface area contributed by atoms with Gasteiger partial charge in [0.05, 0.1) is 25.8 Å². The quantitative estimate of drug-likeness (QED) is 0.643. The predicted molar refractivity (Wildman–Crippen MR) is 107 cm³/mol. The number of esters is 1. The zero-order valence-electron chi connectivity index (χ0n) is 16.6. The molecule has 0 spiro atoms. The summed E-state index contributed by atoms with van der Waals surface area (Å²) in [6, 6.07) is 8.16. The second-order valence-electron chi connectivity index (χ2n) is 7.21. The number of methoxy groups -OCH3 is 2. The number of carbonyl (C=O) groups excluding carboxylic acids is 1. The van der Waals surface area contributed by atoms with Gasteiger partial charge in [0, 0.05) is 18.9 Å². The maximum atomic E-state index is 12.3. The number of ether oxygens (including phenoxy) is 2. The molecule has 3 aliphatic heterocycles. The molecule has 29 heavy (non-hydrogen) atoms. The van der Waals surface area contributed by atoms with Gasteiger partial charge in [-0.1, -0.05) is 12.1 Å². The minimum atomic E-state index is -0.516. The second kappa shape index (κ2) is 8.08. The van der Waals surface area contributed by atoms with Gasteiger partial charge in [-0.2, -0.15) is 5.10 Å². The normalized spacial score (nSPS) is 15.5. The molecule has 1 fully saturated rings. The Morgan fingerprint density at radius 1 is 1.17 bits per heavy atom. The molecule has 0 bridgehead atoms. The highest BCUT2D eigenvalue weighted by Crippen LogP contribution is 2.29. The molecule has 1 N–H and O–H groups in total. The number of benzene rings is 1. The summed E-state index contributed by atoms with van der Waals surface area (Å²) in [5.41, 5.74) is 1.83. The van der Waals surface area contributed by atoms with E-state index in [0.717, 1.165) is 37.2 Å². The summed E-state index contributed by atoms with van der Waals surface area (Å²) < 4.78 is 12.1. The number of pyridine rings is 1. The van der Waals surface area contributed by atoms with E-state index in [1.807, 2.05) is 16.7 Å². The van der Waals surface area contributed by atoms with Crippen LogP contribution in [0, 0.1) is 0 Å². The molecule has 152 valence electrons. The van der Waals surface area contributed by atoms with Crippen LogP contribution in [0.15, 0.2) is 41.5 Å². The Bertz CT molecular complexity index is 1020. The number of aromatic amines is 1. The van der Waals surface area contributed by atoms with Crippen LogP contribution < -0.4 is 10.3 Å². The summed E-state index contributed by atoms with van der Waals surface area (Å²) in [6.45, 7) is 2.63. The third-order valence-electron chi connectivity index (χ3n) is 5.49. The third kappa shape index (κ3) is 3.75.